The van der Waals surface area contributed by atoms with Gasteiger partial charge in [0, 0.05) is 0 Å². The molecule has 0 fully saturated rings. The van der Waals surface area contributed by atoms with Crippen LogP contribution in [0, 0.1) is 17.1 Å². The number of nitrogens with one attached hydrogen (secondary N) is 3. The number of nitrogens with zero attached hydrogens (tertiary/aromatic N) is 1. The summed E-state index contributed by atoms with van der Waals surface area (Å²) in [4.78, 5) is 28.0. The van der Waals surface area contributed by atoms with Crippen molar-refractivity contribution >= 4 is 5.82 Å². The zero-order chi connectivity index (χ0) is 15.9. The minimum Gasteiger partial charge on any atom is -0.384 e. The van der Waals surface area contributed by atoms with E-state index in [-0.39, 0.29) is 22.8 Å². The second-order valence-electron chi connectivity index (χ2n) is 4.75. The van der Waals surface area contributed by atoms with Crippen LogP contribution in [0.25, 0.3) is 0 Å². The highest BCUT2D eigenvalue weighted by molar-refractivity contribution is 5.63. The van der Waals surface area contributed by atoms with E-state index in [2.05, 4.69) is 15.3 Å². The summed E-state index contributed by atoms with van der Waals surface area (Å²) in [5.41, 5.74) is 4.99. The van der Waals surface area contributed by atoms with E-state index in [1.165, 1.54) is 18.2 Å². The van der Waals surface area contributed by atoms with Gasteiger partial charge in [-0.15, -0.1) is 0 Å². The van der Waals surface area contributed by atoms with Crippen LogP contribution < -0.4 is 22.3 Å². The summed E-state index contributed by atoms with van der Waals surface area (Å²) in [5.74, 6) is -1.27. The second kappa shape index (κ2) is 4.89. The molecule has 2 aromatic rings. The number of hydrogen-bond acceptors (Lipinski definition) is 5. The molecule has 1 aliphatic rings. The fraction of sp³-hybridized carbons (Fsp3) is 0.0714. The van der Waals surface area contributed by atoms with Gasteiger partial charge >= 0.3 is 5.69 Å². The van der Waals surface area contributed by atoms with E-state index in [1.807, 2.05) is 6.07 Å². The molecule has 5 N–H and O–H groups in total. The molecule has 0 saturated heterocycles. The van der Waals surface area contributed by atoms with Gasteiger partial charge in [0.25, 0.3) is 5.56 Å². The molecule has 8 heteroatoms. The van der Waals surface area contributed by atoms with Gasteiger partial charge in [-0.3, -0.25) is 14.8 Å². The summed E-state index contributed by atoms with van der Waals surface area (Å²) >= 11 is 0. The molecule has 3 rings (SSSR count). The Balaban J connectivity index is 2.34. The first-order chi connectivity index (χ1) is 10.5. The Bertz CT molecular complexity index is 951. The number of anilines is 1. The van der Waals surface area contributed by atoms with Crippen LogP contribution >= 0.6 is 0 Å². The number of aromatic amines is 2. The Kier molecular flexibility index (Phi) is 3.03. The largest absolute Gasteiger partial charge is 0.384 e. The standard InChI is InChI=1S/C14H10FN5O2/c15-7-3-1-2-6(4-7)9-8(5-16)11(17)18-12-10(9)13(21)20-14(22)19-12/h1-4,9H,17H2,(H3,18,19,20,21,22). The molecule has 0 radical (unpaired) electrons. The molecular weight excluding hydrogens is 289 g/mol. The maximum Gasteiger partial charge on any atom is 0.327 e. The third kappa shape index (κ3) is 2.05. The number of fused-ring (bicyclic) bond motifs is 1. The van der Waals surface area contributed by atoms with Gasteiger partial charge in [0.1, 0.15) is 17.5 Å². The number of halogens is 1. The fourth-order valence-electron chi connectivity index (χ4n) is 2.52. The molecule has 1 unspecified atom stereocenters. The number of aromatic nitrogens is 2. The molecule has 1 aliphatic heterocycles. The van der Waals surface area contributed by atoms with Crippen molar-refractivity contribution in [3.63, 3.8) is 0 Å². The van der Waals surface area contributed by atoms with Gasteiger partial charge in [0.2, 0.25) is 0 Å². The average Bonchev–Trinajstić information content (AvgIpc) is 2.45. The van der Waals surface area contributed by atoms with Gasteiger partial charge in [-0.05, 0) is 17.7 Å². The first-order valence-corrected chi connectivity index (χ1v) is 6.30. The Hall–Kier alpha value is -3.34. The molecule has 0 aliphatic carbocycles. The minimum absolute atomic E-state index is 0.00510. The van der Waals surface area contributed by atoms with Crippen molar-refractivity contribution in [2.75, 3.05) is 5.32 Å². The van der Waals surface area contributed by atoms with E-state index in [0.717, 1.165) is 0 Å². The van der Waals surface area contributed by atoms with E-state index >= 15 is 0 Å². The Labute approximate surface area is 122 Å². The van der Waals surface area contributed by atoms with Gasteiger partial charge in [-0.1, -0.05) is 12.1 Å². The summed E-state index contributed by atoms with van der Waals surface area (Å²) in [6.07, 6.45) is 0. The predicted octanol–water partition coefficient (Wildman–Crippen LogP) is 0.454. The van der Waals surface area contributed by atoms with Gasteiger partial charge in [0.05, 0.1) is 23.1 Å². The summed E-state index contributed by atoms with van der Waals surface area (Å²) in [6.45, 7) is 0. The number of nitrogens with two attached hydrogens (primary N) is 1. The predicted molar refractivity (Wildman–Crippen MR) is 76.4 cm³/mol. The summed E-state index contributed by atoms with van der Waals surface area (Å²) in [6, 6.07) is 7.45. The number of allylic oxidation sites excluding steroid dienone is 1. The fourth-order valence-corrected chi connectivity index (χ4v) is 2.52. The number of nitriles is 1. The van der Waals surface area contributed by atoms with Crippen LogP contribution in [-0.4, -0.2) is 9.97 Å². The molecular formula is C14H10FN5O2. The van der Waals surface area contributed by atoms with E-state index < -0.39 is 23.0 Å². The average molecular weight is 299 g/mol. The summed E-state index contributed by atoms with van der Waals surface area (Å²) in [7, 11) is 0. The smallest absolute Gasteiger partial charge is 0.327 e. The monoisotopic (exact) mass is 299 g/mol. The van der Waals surface area contributed by atoms with E-state index in [1.54, 1.807) is 6.07 Å². The lowest BCUT2D eigenvalue weighted by Crippen LogP contribution is -2.34. The molecule has 0 amide bonds. The second-order valence-corrected chi connectivity index (χ2v) is 4.75. The topological polar surface area (TPSA) is 128 Å². The Morgan fingerprint density at radius 1 is 1.27 bits per heavy atom. The first kappa shape index (κ1) is 13.6. The van der Waals surface area contributed by atoms with E-state index in [4.69, 9.17) is 5.73 Å². The van der Waals surface area contributed by atoms with Crippen LogP contribution in [-0.2, 0) is 0 Å². The number of hydrogen-bond donors (Lipinski definition) is 4. The minimum atomic E-state index is -0.863. The highest BCUT2D eigenvalue weighted by Crippen LogP contribution is 2.37. The van der Waals surface area contributed by atoms with Crippen LogP contribution in [0.4, 0.5) is 10.2 Å². The summed E-state index contributed by atoms with van der Waals surface area (Å²) in [5, 5.41) is 12.0. The highest BCUT2D eigenvalue weighted by Gasteiger charge is 2.32. The lowest BCUT2D eigenvalue weighted by Gasteiger charge is -2.25. The lowest BCUT2D eigenvalue weighted by molar-refractivity contribution is 0.624. The number of rotatable bonds is 1. The van der Waals surface area contributed by atoms with E-state index in [0.29, 0.717) is 5.56 Å². The van der Waals surface area contributed by atoms with E-state index in [9.17, 15) is 19.2 Å². The maximum absolute atomic E-state index is 13.5. The quantitative estimate of drug-likeness (QED) is 0.608. The molecule has 0 bridgehead atoms. The van der Waals surface area contributed by atoms with Crippen molar-refractivity contribution in [3.8, 4) is 6.07 Å². The SMILES string of the molecule is N#CC1=C(N)Nc2[nH]c(=O)[nH]c(=O)c2C1c1cccc(F)c1. The summed E-state index contributed by atoms with van der Waals surface area (Å²) < 4.78 is 13.5. The van der Waals surface area contributed by atoms with Crippen LogP contribution in [0.1, 0.15) is 17.0 Å². The number of H-pyrrole nitrogens is 2. The molecule has 7 nitrogen and oxygen atoms in total. The third-order valence-electron chi connectivity index (χ3n) is 3.41. The van der Waals surface area contributed by atoms with Gasteiger partial charge in [-0.25, -0.2) is 9.18 Å². The van der Waals surface area contributed by atoms with Crippen LogP contribution in [0.15, 0.2) is 45.2 Å². The van der Waals surface area contributed by atoms with Crippen LogP contribution in [0.5, 0.6) is 0 Å². The van der Waals surface area contributed by atoms with Gasteiger partial charge in [0.15, 0.2) is 0 Å². The molecule has 2 heterocycles. The van der Waals surface area contributed by atoms with Crippen molar-refractivity contribution in [1.82, 2.24) is 9.97 Å². The van der Waals surface area contributed by atoms with Crippen molar-refractivity contribution in [1.29, 1.82) is 5.26 Å². The zero-order valence-corrected chi connectivity index (χ0v) is 11.1. The Morgan fingerprint density at radius 2 is 2.05 bits per heavy atom. The third-order valence-corrected chi connectivity index (χ3v) is 3.41. The normalized spacial score (nSPS) is 16.6. The molecule has 22 heavy (non-hydrogen) atoms. The molecule has 1 aromatic carbocycles. The number of benzene rings is 1. The molecule has 0 saturated carbocycles. The van der Waals surface area contributed by atoms with Crippen molar-refractivity contribution in [2.45, 2.75) is 5.92 Å². The van der Waals surface area contributed by atoms with Crippen molar-refractivity contribution in [2.24, 2.45) is 5.73 Å². The first-order valence-electron chi connectivity index (χ1n) is 6.30. The molecule has 1 aromatic heterocycles. The van der Waals surface area contributed by atoms with Crippen LogP contribution in [0.2, 0.25) is 0 Å². The van der Waals surface area contributed by atoms with Crippen molar-refractivity contribution < 1.29 is 4.39 Å². The molecule has 1 atom stereocenters. The zero-order valence-electron chi connectivity index (χ0n) is 11.1. The van der Waals surface area contributed by atoms with Gasteiger partial charge in [-0.2, -0.15) is 5.26 Å². The van der Waals surface area contributed by atoms with Crippen molar-refractivity contribution in [3.05, 3.63) is 73.4 Å². The maximum atomic E-state index is 13.5. The Morgan fingerprint density at radius 3 is 2.73 bits per heavy atom. The molecule has 0 spiro atoms. The highest BCUT2D eigenvalue weighted by atomic mass is 19.1. The lowest BCUT2D eigenvalue weighted by atomic mass is 9.84. The van der Waals surface area contributed by atoms with Crippen LogP contribution in [0.3, 0.4) is 0 Å². The van der Waals surface area contributed by atoms with Gasteiger partial charge < -0.3 is 11.1 Å². The molecule has 110 valence electrons.